The van der Waals surface area contributed by atoms with Crippen LogP contribution in [0, 0.1) is 0 Å². The lowest BCUT2D eigenvalue weighted by atomic mass is 10.1. The van der Waals surface area contributed by atoms with Gasteiger partial charge in [-0.25, -0.2) is 9.59 Å². The molecule has 16 heavy (non-hydrogen) atoms. The standard InChI is InChI=1S/C10H20N2O4/c1-2-3-5-8(16-10(12)14)6-4-7-15-9(11)13/h8H,2-7H2,1H3,(H2,11,13)(H2,12,14). The lowest BCUT2D eigenvalue weighted by molar-refractivity contribution is 0.0860. The van der Waals surface area contributed by atoms with Gasteiger partial charge in [0.05, 0.1) is 6.61 Å². The summed E-state index contributed by atoms with van der Waals surface area (Å²) in [6, 6.07) is 0. The van der Waals surface area contributed by atoms with Gasteiger partial charge in [0.25, 0.3) is 0 Å². The Morgan fingerprint density at radius 2 is 1.75 bits per heavy atom. The third kappa shape index (κ3) is 9.11. The van der Waals surface area contributed by atoms with Crippen molar-refractivity contribution in [3.63, 3.8) is 0 Å². The maximum atomic E-state index is 10.6. The number of carbonyl (C=O) groups is 2. The van der Waals surface area contributed by atoms with E-state index in [1.54, 1.807) is 0 Å². The summed E-state index contributed by atoms with van der Waals surface area (Å²) in [4.78, 5) is 20.9. The Balaban J connectivity index is 3.72. The van der Waals surface area contributed by atoms with E-state index in [2.05, 4.69) is 11.7 Å². The summed E-state index contributed by atoms with van der Waals surface area (Å²) in [5, 5.41) is 0. The molecule has 0 aliphatic heterocycles. The van der Waals surface area contributed by atoms with Crippen molar-refractivity contribution in [3.8, 4) is 0 Å². The van der Waals surface area contributed by atoms with Gasteiger partial charge in [-0.1, -0.05) is 19.8 Å². The van der Waals surface area contributed by atoms with E-state index in [4.69, 9.17) is 16.2 Å². The molecule has 0 rings (SSSR count). The molecule has 94 valence electrons. The van der Waals surface area contributed by atoms with Crippen molar-refractivity contribution in [3.05, 3.63) is 0 Å². The summed E-state index contributed by atoms with van der Waals surface area (Å²) in [5.74, 6) is 0. The van der Waals surface area contributed by atoms with E-state index >= 15 is 0 Å². The Hall–Kier alpha value is -1.46. The number of rotatable bonds is 8. The highest BCUT2D eigenvalue weighted by Crippen LogP contribution is 2.11. The largest absolute Gasteiger partial charge is 0.450 e. The van der Waals surface area contributed by atoms with Crippen LogP contribution < -0.4 is 11.5 Å². The van der Waals surface area contributed by atoms with E-state index < -0.39 is 12.2 Å². The molecular weight excluding hydrogens is 212 g/mol. The molecule has 0 saturated heterocycles. The van der Waals surface area contributed by atoms with E-state index in [0.717, 1.165) is 19.3 Å². The number of amides is 2. The molecule has 0 saturated carbocycles. The van der Waals surface area contributed by atoms with E-state index in [9.17, 15) is 9.59 Å². The van der Waals surface area contributed by atoms with Gasteiger partial charge in [0.1, 0.15) is 6.10 Å². The average Bonchev–Trinajstić information content (AvgIpc) is 2.19. The van der Waals surface area contributed by atoms with Crippen LogP contribution in [-0.4, -0.2) is 24.9 Å². The van der Waals surface area contributed by atoms with Crippen LogP contribution in [0.5, 0.6) is 0 Å². The minimum atomic E-state index is -0.791. The number of ether oxygens (including phenoxy) is 2. The summed E-state index contributed by atoms with van der Waals surface area (Å²) >= 11 is 0. The fourth-order valence-corrected chi connectivity index (χ4v) is 1.34. The summed E-state index contributed by atoms with van der Waals surface area (Å²) in [6.07, 6.45) is 2.23. The zero-order valence-electron chi connectivity index (χ0n) is 9.61. The first kappa shape index (κ1) is 14.5. The predicted octanol–water partition coefficient (Wildman–Crippen LogP) is 1.52. The maximum absolute atomic E-state index is 10.6. The topological polar surface area (TPSA) is 105 Å². The molecule has 0 aliphatic rings. The molecule has 0 fully saturated rings. The van der Waals surface area contributed by atoms with Gasteiger partial charge in [-0.15, -0.1) is 0 Å². The van der Waals surface area contributed by atoms with Crippen LogP contribution >= 0.6 is 0 Å². The number of hydrogen-bond donors (Lipinski definition) is 2. The van der Waals surface area contributed by atoms with Gasteiger partial charge >= 0.3 is 12.2 Å². The predicted molar refractivity (Wildman–Crippen MR) is 58.8 cm³/mol. The number of carbonyl (C=O) groups excluding carboxylic acids is 2. The Labute approximate surface area is 95.3 Å². The Kier molecular flexibility index (Phi) is 8.01. The van der Waals surface area contributed by atoms with Crippen LogP contribution in [0.2, 0.25) is 0 Å². The second kappa shape index (κ2) is 8.82. The van der Waals surface area contributed by atoms with Crippen molar-refractivity contribution in [2.75, 3.05) is 6.61 Å². The van der Waals surface area contributed by atoms with E-state index in [0.29, 0.717) is 12.8 Å². The smallest absolute Gasteiger partial charge is 0.404 e. The highest BCUT2D eigenvalue weighted by Gasteiger charge is 2.11. The molecule has 0 spiro atoms. The molecule has 1 unspecified atom stereocenters. The van der Waals surface area contributed by atoms with Crippen LogP contribution in [0.1, 0.15) is 39.0 Å². The highest BCUT2D eigenvalue weighted by molar-refractivity contribution is 5.65. The van der Waals surface area contributed by atoms with Crippen molar-refractivity contribution in [2.45, 2.75) is 45.1 Å². The fraction of sp³-hybridized carbons (Fsp3) is 0.800. The molecule has 0 bridgehead atoms. The molecule has 0 radical (unpaired) electrons. The summed E-state index contributed by atoms with van der Waals surface area (Å²) in [6.45, 7) is 2.29. The van der Waals surface area contributed by atoms with E-state index in [1.807, 2.05) is 0 Å². The molecule has 0 heterocycles. The second-order valence-electron chi connectivity index (χ2n) is 3.51. The molecule has 0 aliphatic carbocycles. The summed E-state index contributed by atoms with van der Waals surface area (Å²) in [5.41, 5.74) is 9.75. The molecule has 0 aromatic heterocycles. The van der Waals surface area contributed by atoms with Crippen LogP contribution in [-0.2, 0) is 9.47 Å². The Morgan fingerprint density at radius 1 is 1.12 bits per heavy atom. The molecule has 4 N–H and O–H groups in total. The van der Waals surface area contributed by atoms with Crippen molar-refractivity contribution in [2.24, 2.45) is 11.5 Å². The average molecular weight is 232 g/mol. The van der Waals surface area contributed by atoms with Crippen LogP contribution in [0.15, 0.2) is 0 Å². The molecule has 6 nitrogen and oxygen atoms in total. The zero-order chi connectivity index (χ0) is 12.4. The van der Waals surface area contributed by atoms with Crippen molar-refractivity contribution in [1.82, 2.24) is 0 Å². The van der Waals surface area contributed by atoms with Crippen molar-refractivity contribution in [1.29, 1.82) is 0 Å². The van der Waals surface area contributed by atoms with Gasteiger partial charge < -0.3 is 20.9 Å². The quantitative estimate of drug-likeness (QED) is 0.619. The first-order valence-electron chi connectivity index (χ1n) is 5.44. The van der Waals surface area contributed by atoms with E-state index in [1.165, 1.54) is 0 Å². The second-order valence-corrected chi connectivity index (χ2v) is 3.51. The Bertz CT molecular complexity index is 221. The normalized spacial score (nSPS) is 11.8. The van der Waals surface area contributed by atoms with Crippen LogP contribution in [0.4, 0.5) is 9.59 Å². The number of hydrogen-bond acceptors (Lipinski definition) is 4. The maximum Gasteiger partial charge on any atom is 0.404 e. The molecule has 1 atom stereocenters. The lowest BCUT2D eigenvalue weighted by Crippen LogP contribution is -2.23. The number of unbranched alkanes of at least 4 members (excludes halogenated alkanes) is 1. The number of nitrogens with two attached hydrogens (primary N) is 2. The SMILES string of the molecule is CCCCC(CCCOC(N)=O)OC(N)=O. The third-order valence-electron chi connectivity index (χ3n) is 2.08. The minimum absolute atomic E-state index is 0.200. The van der Waals surface area contributed by atoms with Crippen molar-refractivity contribution >= 4 is 12.2 Å². The van der Waals surface area contributed by atoms with Gasteiger partial charge in [-0.2, -0.15) is 0 Å². The van der Waals surface area contributed by atoms with Gasteiger partial charge in [0.2, 0.25) is 0 Å². The molecule has 6 heteroatoms. The number of primary amides is 2. The van der Waals surface area contributed by atoms with Crippen LogP contribution in [0.25, 0.3) is 0 Å². The first-order valence-corrected chi connectivity index (χ1v) is 5.44. The van der Waals surface area contributed by atoms with Gasteiger partial charge in [0, 0.05) is 0 Å². The molecular formula is C10H20N2O4. The van der Waals surface area contributed by atoms with E-state index in [-0.39, 0.29) is 12.7 Å². The van der Waals surface area contributed by atoms with Gasteiger partial charge in [-0.3, -0.25) is 0 Å². The molecule has 0 aromatic carbocycles. The van der Waals surface area contributed by atoms with Gasteiger partial charge in [-0.05, 0) is 19.3 Å². The van der Waals surface area contributed by atoms with Crippen molar-refractivity contribution < 1.29 is 19.1 Å². The molecule has 0 aromatic rings. The third-order valence-corrected chi connectivity index (χ3v) is 2.08. The zero-order valence-corrected chi connectivity index (χ0v) is 9.61. The monoisotopic (exact) mass is 232 g/mol. The van der Waals surface area contributed by atoms with Gasteiger partial charge in [0.15, 0.2) is 0 Å². The highest BCUT2D eigenvalue weighted by atomic mass is 16.6. The first-order chi connectivity index (χ1) is 7.56. The summed E-state index contributed by atoms with van der Waals surface area (Å²) < 4.78 is 9.50. The minimum Gasteiger partial charge on any atom is -0.450 e. The Morgan fingerprint density at radius 3 is 2.25 bits per heavy atom. The summed E-state index contributed by atoms with van der Waals surface area (Å²) in [7, 11) is 0. The van der Waals surface area contributed by atoms with Crippen LogP contribution in [0.3, 0.4) is 0 Å². The molecule has 2 amide bonds. The fourth-order valence-electron chi connectivity index (χ4n) is 1.34. The lowest BCUT2D eigenvalue weighted by Gasteiger charge is -2.15.